The molecule has 1 atom stereocenters. The lowest BCUT2D eigenvalue weighted by Crippen LogP contribution is -1.97. The number of aryl methyl sites for hydroxylation is 1. The maximum Gasteiger partial charge on any atom is 0.126 e. The van der Waals surface area contributed by atoms with Gasteiger partial charge in [0, 0.05) is 9.79 Å². The van der Waals surface area contributed by atoms with E-state index in [1.165, 1.54) is 17.8 Å². The van der Waals surface area contributed by atoms with Crippen molar-refractivity contribution >= 4 is 23.4 Å². The predicted molar refractivity (Wildman–Crippen MR) is 77.3 cm³/mol. The van der Waals surface area contributed by atoms with E-state index in [-0.39, 0.29) is 5.82 Å². The van der Waals surface area contributed by atoms with E-state index >= 15 is 0 Å². The number of aliphatic hydroxyl groups excluding tert-OH is 1. The minimum Gasteiger partial charge on any atom is -0.389 e. The van der Waals surface area contributed by atoms with Gasteiger partial charge in [-0.25, -0.2) is 4.39 Å². The van der Waals surface area contributed by atoms with E-state index in [2.05, 4.69) is 0 Å². The summed E-state index contributed by atoms with van der Waals surface area (Å²) < 4.78 is 13.6. The minimum absolute atomic E-state index is 0.306. The average Bonchev–Trinajstić information content (AvgIpc) is 2.36. The molecular formula is C15H14ClFOS. The summed E-state index contributed by atoms with van der Waals surface area (Å²) in [5.74, 6) is -0.306. The van der Waals surface area contributed by atoms with Crippen LogP contribution < -0.4 is 0 Å². The van der Waals surface area contributed by atoms with Crippen molar-refractivity contribution in [2.24, 2.45) is 0 Å². The van der Waals surface area contributed by atoms with Crippen LogP contribution in [-0.2, 0) is 0 Å². The molecule has 0 spiro atoms. The molecule has 19 heavy (non-hydrogen) atoms. The SMILES string of the molecule is Cc1cc(Sc2ccccc2Cl)c([C@@H](C)O)cc1F. The number of aliphatic hydroxyl groups is 1. The topological polar surface area (TPSA) is 20.2 Å². The van der Waals surface area contributed by atoms with Gasteiger partial charge in [-0.3, -0.25) is 0 Å². The normalized spacial score (nSPS) is 12.5. The molecule has 0 heterocycles. The maximum absolute atomic E-state index is 13.6. The zero-order valence-corrected chi connectivity index (χ0v) is 12.2. The van der Waals surface area contributed by atoms with Crippen molar-refractivity contribution in [2.75, 3.05) is 0 Å². The smallest absolute Gasteiger partial charge is 0.126 e. The van der Waals surface area contributed by atoms with Gasteiger partial charge in [-0.2, -0.15) is 0 Å². The summed E-state index contributed by atoms with van der Waals surface area (Å²) in [6.07, 6.45) is -0.722. The Balaban J connectivity index is 2.45. The summed E-state index contributed by atoms with van der Waals surface area (Å²) in [5, 5.41) is 10.4. The van der Waals surface area contributed by atoms with Crippen LogP contribution in [0.1, 0.15) is 24.2 Å². The molecule has 1 nitrogen and oxygen atoms in total. The molecular weight excluding hydrogens is 283 g/mol. The van der Waals surface area contributed by atoms with E-state index < -0.39 is 6.10 Å². The van der Waals surface area contributed by atoms with Crippen molar-refractivity contribution in [3.8, 4) is 0 Å². The molecule has 2 rings (SSSR count). The summed E-state index contributed by atoms with van der Waals surface area (Å²) in [6, 6.07) is 10.6. The molecule has 2 aromatic carbocycles. The lowest BCUT2D eigenvalue weighted by molar-refractivity contribution is 0.196. The summed E-state index contributed by atoms with van der Waals surface area (Å²) in [5.41, 5.74) is 1.13. The Hall–Kier alpha value is -1.03. The summed E-state index contributed by atoms with van der Waals surface area (Å²) in [4.78, 5) is 1.71. The van der Waals surface area contributed by atoms with Gasteiger partial charge in [0.25, 0.3) is 0 Å². The first-order valence-corrected chi connectivity index (χ1v) is 7.09. The molecule has 0 aromatic heterocycles. The Morgan fingerprint density at radius 1 is 1.21 bits per heavy atom. The molecule has 4 heteroatoms. The maximum atomic E-state index is 13.6. The third-order valence-electron chi connectivity index (χ3n) is 2.80. The van der Waals surface area contributed by atoms with Crippen LogP contribution in [0.3, 0.4) is 0 Å². The van der Waals surface area contributed by atoms with Gasteiger partial charge in [-0.1, -0.05) is 35.5 Å². The van der Waals surface area contributed by atoms with Crippen LogP contribution in [0, 0.1) is 12.7 Å². The molecule has 0 bridgehead atoms. The first kappa shape index (κ1) is 14.4. The lowest BCUT2D eigenvalue weighted by Gasteiger charge is -2.14. The van der Waals surface area contributed by atoms with Crippen LogP contribution in [0.25, 0.3) is 0 Å². The summed E-state index contributed by atoms with van der Waals surface area (Å²) in [6.45, 7) is 3.33. The second-order valence-electron chi connectivity index (χ2n) is 4.35. The van der Waals surface area contributed by atoms with Gasteiger partial charge in [0.1, 0.15) is 5.82 Å². The van der Waals surface area contributed by atoms with Crippen molar-refractivity contribution < 1.29 is 9.50 Å². The molecule has 0 radical (unpaired) electrons. The third-order valence-corrected chi connectivity index (χ3v) is 4.39. The van der Waals surface area contributed by atoms with E-state index in [9.17, 15) is 9.50 Å². The first-order valence-electron chi connectivity index (χ1n) is 5.89. The number of halogens is 2. The molecule has 0 aliphatic carbocycles. The highest BCUT2D eigenvalue weighted by Gasteiger charge is 2.13. The van der Waals surface area contributed by atoms with Gasteiger partial charge >= 0.3 is 0 Å². The van der Waals surface area contributed by atoms with E-state index in [0.29, 0.717) is 16.1 Å². The molecule has 100 valence electrons. The summed E-state index contributed by atoms with van der Waals surface area (Å²) in [7, 11) is 0. The highest BCUT2D eigenvalue weighted by molar-refractivity contribution is 7.99. The number of hydrogen-bond acceptors (Lipinski definition) is 2. The van der Waals surface area contributed by atoms with Gasteiger partial charge in [0.2, 0.25) is 0 Å². The van der Waals surface area contributed by atoms with Crippen LogP contribution in [0.4, 0.5) is 4.39 Å². The fraction of sp³-hybridized carbons (Fsp3) is 0.200. The number of hydrogen-bond donors (Lipinski definition) is 1. The van der Waals surface area contributed by atoms with Gasteiger partial charge in [0.05, 0.1) is 11.1 Å². The fourth-order valence-electron chi connectivity index (χ4n) is 1.73. The minimum atomic E-state index is -0.722. The predicted octanol–water partition coefficient (Wildman–Crippen LogP) is 4.99. The molecule has 0 saturated carbocycles. The molecule has 0 aliphatic heterocycles. The van der Waals surface area contributed by atoms with Crippen LogP contribution >= 0.6 is 23.4 Å². The molecule has 0 unspecified atom stereocenters. The Bertz CT molecular complexity index is 599. The van der Waals surface area contributed by atoms with Gasteiger partial charge in [-0.05, 0) is 49.2 Å². The average molecular weight is 297 g/mol. The molecule has 0 saturated heterocycles. The highest BCUT2D eigenvalue weighted by atomic mass is 35.5. The second kappa shape index (κ2) is 5.95. The summed E-state index contributed by atoms with van der Waals surface area (Å²) >= 11 is 7.55. The van der Waals surface area contributed by atoms with Gasteiger partial charge in [-0.15, -0.1) is 0 Å². The second-order valence-corrected chi connectivity index (χ2v) is 5.84. The Kier molecular flexibility index (Phi) is 4.50. The lowest BCUT2D eigenvalue weighted by atomic mass is 10.1. The molecule has 0 fully saturated rings. The quantitative estimate of drug-likeness (QED) is 0.861. The van der Waals surface area contributed by atoms with Crippen LogP contribution in [0.15, 0.2) is 46.2 Å². The third kappa shape index (κ3) is 3.30. The Morgan fingerprint density at radius 2 is 1.89 bits per heavy atom. The van der Waals surface area contributed by atoms with Crippen molar-refractivity contribution in [1.82, 2.24) is 0 Å². The van der Waals surface area contributed by atoms with E-state index in [4.69, 9.17) is 11.6 Å². The van der Waals surface area contributed by atoms with Crippen LogP contribution in [0.2, 0.25) is 5.02 Å². The molecule has 0 amide bonds. The fourth-order valence-corrected chi connectivity index (χ4v) is 3.11. The number of rotatable bonds is 3. The van der Waals surface area contributed by atoms with Crippen molar-refractivity contribution in [3.05, 3.63) is 58.4 Å². The first-order chi connectivity index (χ1) is 8.99. The van der Waals surface area contributed by atoms with E-state index in [0.717, 1.165) is 9.79 Å². The van der Waals surface area contributed by atoms with E-state index in [1.807, 2.05) is 24.3 Å². The highest BCUT2D eigenvalue weighted by Crippen LogP contribution is 2.37. The molecule has 0 aliphatic rings. The monoisotopic (exact) mass is 296 g/mol. The van der Waals surface area contributed by atoms with Gasteiger partial charge in [0.15, 0.2) is 0 Å². The molecule has 1 N–H and O–H groups in total. The van der Waals surface area contributed by atoms with Crippen molar-refractivity contribution in [1.29, 1.82) is 0 Å². The van der Waals surface area contributed by atoms with Crippen LogP contribution in [0.5, 0.6) is 0 Å². The zero-order valence-electron chi connectivity index (χ0n) is 10.7. The van der Waals surface area contributed by atoms with Crippen LogP contribution in [-0.4, -0.2) is 5.11 Å². The largest absolute Gasteiger partial charge is 0.389 e. The van der Waals surface area contributed by atoms with E-state index in [1.54, 1.807) is 19.9 Å². The Labute approximate surface area is 121 Å². The van der Waals surface area contributed by atoms with Gasteiger partial charge < -0.3 is 5.11 Å². The number of benzene rings is 2. The molecule has 2 aromatic rings. The Morgan fingerprint density at radius 3 is 2.53 bits per heavy atom. The zero-order chi connectivity index (χ0) is 14.0. The van der Waals surface area contributed by atoms with Crippen molar-refractivity contribution in [3.63, 3.8) is 0 Å². The van der Waals surface area contributed by atoms with Crippen molar-refractivity contribution in [2.45, 2.75) is 29.7 Å². The standard InChI is InChI=1S/C15H14ClFOS/c1-9-7-15(11(10(2)18)8-13(9)17)19-14-6-4-3-5-12(14)16/h3-8,10,18H,1-2H3/t10-/m1/s1.